The zero-order valence-electron chi connectivity index (χ0n) is 18.1. The first kappa shape index (κ1) is 21.3. The highest BCUT2D eigenvalue weighted by Gasteiger charge is 2.34. The number of amides is 1. The van der Waals surface area contributed by atoms with Crippen LogP contribution in [0.4, 0.5) is 0 Å². The number of nitrogens with zero attached hydrogens (tertiary/aromatic N) is 2. The Morgan fingerprint density at radius 1 is 1.06 bits per heavy atom. The smallest absolute Gasteiger partial charge is 0.339 e. The monoisotopic (exact) mass is 441 g/mol. The molecule has 1 fully saturated rings. The van der Waals surface area contributed by atoms with Crippen LogP contribution in [-0.2, 0) is 0 Å². The summed E-state index contributed by atoms with van der Waals surface area (Å²) in [5.74, 6) is 2.17. The summed E-state index contributed by atoms with van der Waals surface area (Å²) in [7, 11) is 4.60. The molecule has 1 amide bonds. The predicted molar refractivity (Wildman–Crippen MR) is 114 cm³/mol. The van der Waals surface area contributed by atoms with Crippen molar-refractivity contribution in [1.82, 2.24) is 15.1 Å². The van der Waals surface area contributed by atoms with Crippen molar-refractivity contribution in [3.8, 4) is 34.3 Å². The van der Waals surface area contributed by atoms with Crippen LogP contribution >= 0.6 is 0 Å². The Kier molecular flexibility index (Phi) is 5.76. The van der Waals surface area contributed by atoms with Gasteiger partial charge in [-0.15, -0.1) is 0 Å². The number of hydrogen-bond acceptors (Lipinski definition) is 8. The maximum atomic E-state index is 12.8. The molecule has 2 aromatic heterocycles. The van der Waals surface area contributed by atoms with Crippen LogP contribution in [-0.4, -0.2) is 61.5 Å². The lowest BCUT2D eigenvalue weighted by Crippen LogP contribution is -2.56. The molecule has 32 heavy (non-hydrogen) atoms. The molecule has 0 spiro atoms. The van der Waals surface area contributed by atoms with Crippen LogP contribution in [0.15, 0.2) is 39.5 Å². The van der Waals surface area contributed by atoms with Crippen LogP contribution in [0.2, 0.25) is 0 Å². The Morgan fingerprint density at radius 2 is 1.75 bits per heavy atom. The third-order valence-electron chi connectivity index (χ3n) is 5.07. The van der Waals surface area contributed by atoms with Crippen LogP contribution in [0.5, 0.6) is 23.0 Å². The second-order valence-corrected chi connectivity index (χ2v) is 7.25. The molecule has 3 aromatic rings. The van der Waals surface area contributed by atoms with E-state index in [2.05, 4.69) is 10.2 Å². The Morgan fingerprint density at radius 3 is 2.34 bits per heavy atom. The van der Waals surface area contributed by atoms with Crippen molar-refractivity contribution in [3.63, 3.8) is 0 Å². The number of benzene rings is 1. The molecule has 0 aliphatic carbocycles. The van der Waals surface area contributed by atoms with E-state index in [0.717, 1.165) is 0 Å². The van der Waals surface area contributed by atoms with Gasteiger partial charge in [-0.05, 0) is 25.1 Å². The van der Waals surface area contributed by atoms with E-state index in [4.69, 9.17) is 23.4 Å². The van der Waals surface area contributed by atoms with Crippen molar-refractivity contribution < 1.29 is 28.2 Å². The lowest BCUT2D eigenvalue weighted by atomic mass is 10.1. The summed E-state index contributed by atoms with van der Waals surface area (Å²) in [5, 5.41) is 7.05. The van der Waals surface area contributed by atoms with Gasteiger partial charge in [0, 0.05) is 11.6 Å². The van der Waals surface area contributed by atoms with E-state index in [-0.39, 0.29) is 12.0 Å². The van der Waals surface area contributed by atoms with Gasteiger partial charge in [0.15, 0.2) is 11.5 Å². The number of H-pyrrole nitrogens is 1. The largest absolute Gasteiger partial charge is 0.493 e. The maximum Gasteiger partial charge on any atom is 0.339 e. The molecule has 3 heterocycles. The van der Waals surface area contributed by atoms with E-state index in [1.807, 2.05) is 0 Å². The summed E-state index contributed by atoms with van der Waals surface area (Å²) in [4.78, 5) is 25.9. The first-order valence-corrected chi connectivity index (χ1v) is 9.85. The fourth-order valence-electron chi connectivity index (χ4n) is 3.49. The van der Waals surface area contributed by atoms with Gasteiger partial charge in [-0.25, -0.2) is 4.79 Å². The Balaban J connectivity index is 1.44. The molecule has 1 N–H and O–H groups in total. The summed E-state index contributed by atoms with van der Waals surface area (Å²) in [6.45, 7) is 2.47. The number of carbonyl (C=O) groups is 1. The van der Waals surface area contributed by atoms with Crippen LogP contribution in [0.25, 0.3) is 11.3 Å². The van der Waals surface area contributed by atoms with E-state index < -0.39 is 5.63 Å². The minimum Gasteiger partial charge on any atom is -0.493 e. The van der Waals surface area contributed by atoms with Crippen LogP contribution in [0.3, 0.4) is 0 Å². The van der Waals surface area contributed by atoms with Gasteiger partial charge in [0.05, 0.1) is 46.2 Å². The molecular weight excluding hydrogens is 418 g/mol. The fraction of sp³-hybridized carbons (Fsp3) is 0.318. The van der Waals surface area contributed by atoms with Crippen molar-refractivity contribution in [1.29, 1.82) is 0 Å². The third-order valence-corrected chi connectivity index (χ3v) is 5.07. The first-order valence-electron chi connectivity index (χ1n) is 9.85. The molecule has 1 aliphatic rings. The standard InChI is InChI=1S/C22H23N3O7/c1-12-5-14(8-20(26)31-12)32-15-10-25(11-15)22(27)17-9-16(23-24-17)13-6-18(28-2)21(30-4)19(7-13)29-3/h5-9,15H,10-11H2,1-4H3,(H,23,24). The summed E-state index contributed by atoms with van der Waals surface area (Å²) < 4.78 is 26.8. The quantitative estimate of drug-likeness (QED) is 0.594. The Hall–Kier alpha value is -3.95. The van der Waals surface area contributed by atoms with Gasteiger partial charge in [0.1, 0.15) is 23.3 Å². The lowest BCUT2D eigenvalue weighted by Gasteiger charge is -2.38. The number of ether oxygens (including phenoxy) is 4. The number of likely N-dealkylation sites (tertiary alicyclic amines) is 1. The Labute approximate surface area is 183 Å². The highest BCUT2D eigenvalue weighted by molar-refractivity contribution is 5.94. The number of rotatable bonds is 7. The van der Waals surface area contributed by atoms with E-state index >= 15 is 0 Å². The van der Waals surface area contributed by atoms with Crippen LogP contribution in [0.1, 0.15) is 16.2 Å². The SMILES string of the molecule is COc1cc(-c2cc(C(=O)N3CC(Oc4cc(C)oc(=O)c4)C3)[nH]n2)cc(OC)c1OC. The van der Waals surface area contributed by atoms with Crippen LogP contribution < -0.4 is 24.6 Å². The van der Waals surface area contributed by atoms with E-state index in [9.17, 15) is 9.59 Å². The number of methoxy groups -OCH3 is 3. The van der Waals surface area contributed by atoms with Gasteiger partial charge in [-0.2, -0.15) is 5.10 Å². The van der Waals surface area contributed by atoms with E-state index in [1.165, 1.54) is 27.4 Å². The van der Waals surface area contributed by atoms with Crippen molar-refractivity contribution in [2.24, 2.45) is 0 Å². The molecule has 1 saturated heterocycles. The highest BCUT2D eigenvalue weighted by Crippen LogP contribution is 2.40. The molecular formula is C22H23N3O7. The molecule has 0 bridgehead atoms. The number of hydrogen-bond donors (Lipinski definition) is 1. The minimum absolute atomic E-state index is 0.195. The first-order chi connectivity index (χ1) is 15.4. The fourth-order valence-corrected chi connectivity index (χ4v) is 3.49. The molecule has 4 rings (SSSR count). The average Bonchev–Trinajstić information content (AvgIpc) is 3.24. The second kappa shape index (κ2) is 8.66. The van der Waals surface area contributed by atoms with Crippen molar-refractivity contribution in [2.75, 3.05) is 34.4 Å². The molecule has 1 aromatic carbocycles. The predicted octanol–water partition coefficient (Wildman–Crippen LogP) is 2.27. The molecule has 10 nitrogen and oxygen atoms in total. The summed E-state index contributed by atoms with van der Waals surface area (Å²) in [5.41, 5.74) is 1.15. The average molecular weight is 441 g/mol. The molecule has 0 saturated carbocycles. The minimum atomic E-state index is -0.468. The Bertz CT molecular complexity index is 1170. The summed E-state index contributed by atoms with van der Waals surface area (Å²) in [6.07, 6.45) is -0.197. The van der Waals surface area contributed by atoms with Gasteiger partial charge in [-0.1, -0.05) is 0 Å². The molecule has 0 atom stereocenters. The maximum absolute atomic E-state index is 12.8. The molecule has 0 radical (unpaired) electrons. The zero-order valence-corrected chi connectivity index (χ0v) is 18.1. The number of nitrogens with one attached hydrogen (secondary N) is 1. The summed E-state index contributed by atoms with van der Waals surface area (Å²) >= 11 is 0. The van der Waals surface area contributed by atoms with Crippen molar-refractivity contribution >= 4 is 5.91 Å². The molecule has 1 aliphatic heterocycles. The topological polar surface area (TPSA) is 116 Å². The van der Waals surface area contributed by atoms with Gasteiger partial charge in [-0.3, -0.25) is 9.89 Å². The van der Waals surface area contributed by atoms with Crippen molar-refractivity contribution in [2.45, 2.75) is 13.0 Å². The van der Waals surface area contributed by atoms with Crippen molar-refractivity contribution in [3.05, 3.63) is 52.2 Å². The van der Waals surface area contributed by atoms with E-state index in [1.54, 1.807) is 36.1 Å². The molecule has 10 heteroatoms. The lowest BCUT2D eigenvalue weighted by molar-refractivity contribution is 0.0170. The van der Waals surface area contributed by atoms with Crippen LogP contribution in [0, 0.1) is 6.92 Å². The molecule has 168 valence electrons. The van der Waals surface area contributed by atoms with Gasteiger partial charge in [0.25, 0.3) is 5.91 Å². The van der Waals surface area contributed by atoms with Gasteiger partial charge >= 0.3 is 5.63 Å². The normalized spacial score (nSPS) is 13.4. The summed E-state index contributed by atoms with van der Waals surface area (Å²) in [6, 6.07) is 8.12. The third kappa shape index (κ3) is 4.11. The number of aryl methyl sites for hydroxylation is 1. The number of carbonyl (C=O) groups excluding carboxylic acids is 1. The number of aromatic nitrogens is 2. The highest BCUT2D eigenvalue weighted by atomic mass is 16.5. The number of aromatic amines is 1. The van der Waals surface area contributed by atoms with Gasteiger partial charge < -0.3 is 28.3 Å². The second-order valence-electron chi connectivity index (χ2n) is 7.25. The van der Waals surface area contributed by atoms with E-state index in [0.29, 0.717) is 58.8 Å². The molecule has 0 unspecified atom stereocenters. The zero-order chi connectivity index (χ0) is 22.8. The van der Waals surface area contributed by atoms with Gasteiger partial charge in [0.2, 0.25) is 5.75 Å².